The number of carbonyl (C=O) groups is 2. The molecule has 30 heavy (non-hydrogen) atoms. The van der Waals surface area contributed by atoms with E-state index in [0.717, 1.165) is 0 Å². The molecule has 0 spiro atoms. The Morgan fingerprint density at radius 3 is 2.80 bits per heavy atom. The number of aryl methyl sites for hydroxylation is 1. The quantitative estimate of drug-likeness (QED) is 0.367. The highest BCUT2D eigenvalue weighted by Gasteiger charge is 2.47. The lowest BCUT2D eigenvalue weighted by Gasteiger charge is -2.23. The molecule has 0 bridgehead atoms. The van der Waals surface area contributed by atoms with Crippen LogP contribution >= 0.6 is 0 Å². The number of ether oxygens (including phenoxy) is 1. The predicted molar refractivity (Wildman–Crippen MR) is 108 cm³/mol. The third kappa shape index (κ3) is 3.59. The van der Waals surface area contributed by atoms with Gasteiger partial charge < -0.3 is 23.7 Å². The smallest absolute Gasteiger partial charge is 0.295 e. The van der Waals surface area contributed by atoms with Gasteiger partial charge in [-0.1, -0.05) is 12.1 Å². The Hall–Kier alpha value is -3.81. The van der Waals surface area contributed by atoms with Gasteiger partial charge >= 0.3 is 0 Å². The number of Topliss-reactive ketones (excluding diaryl/α,β-unsaturated/α-hetero) is 1. The monoisotopic (exact) mass is 407 g/mol. The van der Waals surface area contributed by atoms with Gasteiger partial charge in [-0.15, -0.1) is 0 Å². The number of likely N-dealkylation sites (tertiary alicyclic amines) is 1. The molecule has 1 N–H and O–H groups in total. The van der Waals surface area contributed by atoms with Gasteiger partial charge in [0.15, 0.2) is 0 Å². The van der Waals surface area contributed by atoms with E-state index in [9.17, 15) is 14.7 Å². The minimum absolute atomic E-state index is 0.00540. The zero-order valence-electron chi connectivity index (χ0n) is 16.4. The summed E-state index contributed by atoms with van der Waals surface area (Å²) in [6, 6.07) is 9.29. The fourth-order valence-electron chi connectivity index (χ4n) is 3.62. The molecule has 8 heteroatoms. The average molecular weight is 407 g/mol. The van der Waals surface area contributed by atoms with Crippen molar-refractivity contribution in [3.63, 3.8) is 0 Å². The Balaban J connectivity index is 1.69. The first-order chi connectivity index (χ1) is 14.6. The maximum atomic E-state index is 12.9. The van der Waals surface area contributed by atoms with Gasteiger partial charge in [0, 0.05) is 31.0 Å². The molecule has 1 amide bonds. The number of hydrogen-bond acceptors (Lipinski definition) is 6. The Kier molecular flexibility index (Phi) is 5.38. The van der Waals surface area contributed by atoms with Crippen molar-refractivity contribution >= 4 is 17.4 Å². The Labute approximate surface area is 173 Å². The molecule has 1 aliphatic rings. The number of carbonyl (C=O) groups excluding carboxylic acids is 2. The molecule has 1 aliphatic heterocycles. The topological polar surface area (TPSA) is 97.8 Å². The number of aliphatic hydroxyl groups excluding tert-OH is 1. The van der Waals surface area contributed by atoms with E-state index in [1.54, 1.807) is 48.9 Å². The number of benzene rings is 1. The van der Waals surface area contributed by atoms with Gasteiger partial charge in [0.2, 0.25) is 0 Å². The van der Waals surface area contributed by atoms with Crippen LogP contribution in [0, 0.1) is 0 Å². The minimum atomic E-state index is -0.797. The Morgan fingerprint density at radius 2 is 2.10 bits per heavy atom. The summed E-state index contributed by atoms with van der Waals surface area (Å²) in [7, 11) is 1.52. The van der Waals surface area contributed by atoms with Crippen molar-refractivity contribution in [2.45, 2.75) is 19.0 Å². The van der Waals surface area contributed by atoms with E-state index >= 15 is 0 Å². The fourth-order valence-corrected chi connectivity index (χ4v) is 3.62. The first-order valence-corrected chi connectivity index (χ1v) is 9.52. The van der Waals surface area contributed by atoms with E-state index in [0.29, 0.717) is 36.6 Å². The highest BCUT2D eigenvalue weighted by atomic mass is 16.5. The van der Waals surface area contributed by atoms with Gasteiger partial charge in [-0.2, -0.15) is 0 Å². The standard InChI is InChI=1S/C22H21N3O5/c1-29-16-6-2-5-15(13-16)20(26)18-19(17-7-3-12-30-17)25(22(28)21(18)27)10-4-9-24-11-8-23-14-24/h2-3,5-8,11-14,19,26H,4,9-10H2,1H3/b20-18+/t19-/m0/s1. The van der Waals surface area contributed by atoms with Gasteiger partial charge in [-0.05, 0) is 30.7 Å². The number of methoxy groups -OCH3 is 1. The van der Waals surface area contributed by atoms with Crippen molar-refractivity contribution in [1.82, 2.24) is 14.5 Å². The van der Waals surface area contributed by atoms with Crippen LogP contribution in [0.25, 0.3) is 5.76 Å². The third-order valence-electron chi connectivity index (χ3n) is 5.07. The molecule has 0 radical (unpaired) electrons. The van der Waals surface area contributed by atoms with E-state index < -0.39 is 17.7 Å². The number of hydrogen-bond donors (Lipinski definition) is 1. The number of aromatic nitrogens is 2. The highest BCUT2D eigenvalue weighted by molar-refractivity contribution is 6.46. The summed E-state index contributed by atoms with van der Waals surface area (Å²) < 4.78 is 12.6. The fraction of sp³-hybridized carbons (Fsp3) is 0.227. The van der Waals surface area contributed by atoms with Crippen molar-refractivity contribution < 1.29 is 23.8 Å². The zero-order chi connectivity index (χ0) is 21.1. The number of furan rings is 1. The number of amides is 1. The first-order valence-electron chi connectivity index (χ1n) is 9.52. The molecule has 2 aromatic heterocycles. The van der Waals surface area contributed by atoms with Crippen LogP contribution in [-0.2, 0) is 16.1 Å². The van der Waals surface area contributed by atoms with Gasteiger partial charge in [0.05, 0.1) is 25.3 Å². The number of rotatable bonds is 7. The maximum absolute atomic E-state index is 12.9. The van der Waals surface area contributed by atoms with E-state index in [-0.39, 0.29) is 11.3 Å². The van der Waals surface area contributed by atoms with Crippen LogP contribution in [0.3, 0.4) is 0 Å². The molecule has 1 atom stereocenters. The SMILES string of the molecule is COc1cccc(/C(O)=C2\C(=O)C(=O)N(CCCn3ccnc3)[C@H]2c2ccco2)c1. The van der Waals surface area contributed by atoms with Crippen LogP contribution < -0.4 is 4.74 Å². The number of ketones is 1. The summed E-state index contributed by atoms with van der Waals surface area (Å²) in [6.07, 6.45) is 7.30. The van der Waals surface area contributed by atoms with Crippen LogP contribution in [0.5, 0.6) is 5.75 Å². The van der Waals surface area contributed by atoms with Crippen molar-refractivity contribution in [1.29, 1.82) is 0 Å². The molecular weight excluding hydrogens is 386 g/mol. The van der Waals surface area contributed by atoms with Gasteiger partial charge in [-0.3, -0.25) is 9.59 Å². The number of nitrogens with zero attached hydrogens (tertiary/aromatic N) is 3. The first kappa shape index (κ1) is 19.5. The van der Waals surface area contributed by atoms with Gasteiger partial charge in [0.25, 0.3) is 11.7 Å². The molecule has 0 unspecified atom stereocenters. The van der Waals surface area contributed by atoms with Crippen LogP contribution in [0.2, 0.25) is 0 Å². The zero-order valence-corrected chi connectivity index (χ0v) is 16.4. The summed E-state index contributed by atoms with van der Waals surface area (Å²) in [5.41, 5.74) is 0.396. The maximum Gasteiger partial charge on any atom is 0.295 e. The molecule has 8 nitrogen and oxygen atoms in total. The van der Waals surface area contributed by atoms with E-state index in [1.807, 2.05) is 10.8 Å². The number of aliphatic hydroxyl groups is 1. The predicted octanol–water partition coefficient (Wildman–Crippen LogP) is 3.00. The molecule has 3 aromatic rings. The summed E-state index contributed by atoms with van der Waals surface area (Å²) in [5, 5.41) is 11.0. The van der Waals surface area contributed by atoms with Crippen LogP contribution in [0.15, 0.2) is 71.4 Å². The number of imidazole rings is 1. The molecule has 1 saturated heterocycles. The summed E-state index contributed by atoms with van der Waals surface area (Å²) in [4.78, 5) is 31.2. The van der Waals surface area contributed by atoms with Crippen molar-refractivity contribution in [2.24, 2.45) is 0 Å². The van der Waals surface area contributed by atoms with Crippen molar-refractivity contribution in [3.8, 4) is 5.75 Å². The summed E-state index contributed by atoms with van der Waals surface area (Å²) >= 11 is 0. The molecule has 154 valence electrons. The highest BCUT2D eigenvalue weighted by Crippen LogP contribution is 2.39. The van der Waals surface area contributed by atoms with Crippen LogP contribution in [-0.4, -0.2) is 44.9 Å². The molecule has 0 saturated carbocycles. The lowest BCUT2D eigenvalue weighted by molar-refractivity contribution is -0.140. The summed E-state index contributed by atoms with van der Waals surface area (Å²) in [6.45, 7) is 0.965. The molecule has 1 fully saturated rings. The molecule has 0 aliphatic carbocycles. The Bertz CT molecular complexity index is 1070. The van der Waals surface area contributed by atoms with E-state index in [2.05, 4.69) is 4.98 Å². The Morgan fingerprint density at radius 1 is 1.23 bits per heavy atom. The second-order valence-corrected chi connectivity index (χ2v) is 6.89. The van der Waals surface area contributed by atoms with Crippen LogP contribution in [0.4, 0.5) is 0 Å². The average Bonchev–Trinajstić information content (AvgIpc) is 3.52. The summed E-state index contributed by atoms with van der Waals surface area (Å²) in [5.74, 6) is -0.707. The van der Waals surface area contributed by atoms with Crippen molar-refractivity contribution in [2.75, 3.05) is 13.7 Å². The largest absolute Gasteiger partial charge is 0.507 e. The molecule has 1 aromatic carbocycles. The third-order valence-corrected chi connectivity index (χ3v) is 5.07. The lowest BCUT2D eigenvalue weighted by Crippen LogP contribution is -2.31. The van der Waals surface area contributed by atoms with E-state index in [1.165, 1.54) is 18.3 Å². The molecule has 3 heterocycles. The minimum Gasteiger partial charge on any atom is -0.507 e. The molecular formula is C22H21N3O5. The van der Waals surface area contributed by atoms with E-state index in [4.69, 9.17) is 9.15 Å². The lowest BCUT2D eigenvalue weighted by atomic mass is 9.99. The van der Waals surface area contributed by atoms with Crippen molar-refractivity contribution in [3.05, 3.63) is 78.3 Å². The van der Waals surface area contributed by atoms with Crippen LogP contribution in [0.1, 0.15) is 23.8 Å². The second kappa shape index (κ2) is 8.28. The molecule has 4 rings (SSSR count). The normalized spacial score (nSPS) is 18.2. The second-order valence-electron chi connectivity index (χ2n) is 6.89. The van der Waals surface area contributed by atoms with Gasteiger partial charge in [0.1, 0.15) is 23.3 Å². The van der Waals surface area contributed by atoms with Gasteiger partial charge in [-0.25, -0.2) is 4.98 Å².